The summed E-state index contributed by atoms with van der Waals surface area (Å²) in [5.74, 6) is 0.488. The Morgan fingerprint density at radius 1 is 1.20 bits per heavy atom. The Hall–Kier alpha value is -2.21. The minimum Gasteiger partial charge on any atom is -0.272 e. The van der Waals surface area contributed by atoms with Crippen LogP contribution in [0, 0.1) is 4.77 Å². The van der Waals surface area contributed by atoms with E-state index in [1.54, 1.807) is 6.07 Å². The summed E-state index contributed by atoms with van der Waals surface area (Å²) < 4.78 is 1.81. The van der Waals surface area contributed by atoms with Crippen molar-refractivity contribution in [3.05, 3.63) is 51.0 Å². The molecule has 0 aliphatic heterocycles. The predicted octanol–water partition coefficient (Wildman–Crippen LogP) is 2.87. The van der Waals surface area contributed by atoms with Gasteiger partial charge in [0.1, 0.15) is 5.52 Å². The molecule has 0 spiro atoms. The molecule has 6 heteroatoms. The highest BCUT2D eigenvalue weighted by atomic mass is 32.1. The van der Waals surface area contributed by atoms with Gasteiger partial charge in [-0.2, -0.15) is 9.61 Å². The zero-order chi connectivity index (χ0) is 14.3. The first-order valence-corrected chi connectivity index (χ1v) is 6.78. The molecule has 102 valence electrons. The second kappa shape index (κ2) is 4.72. The van der Waals surface area contributed by atoms with Gasteiger partial charge < -0.3 is 0 Å². The van der Waals surface area contributed by atoms with Crippen LogP contribution < -0.4 is 5.56 Å². The van der Waals surface area contributed by atoms with Gasteiger partial charge in [0.15, 0.2) is 0 Å². The second-order valence-corrected chi connectivity index (χ2v) is 5.37. The van der Waals surface area contributed by atoms with Crippen molar-refractivity contribution in [1.82, 2.24) is 19.8 Å². The molecule has 0 radical (unpaired) electrons. The largest absolute Gasteiger partial charge is 0.288 e. The van der Waals surface area contributed by atoms with Crippen LogP contribution in [0.2, 0.25) is 0 Å². The average Bonchev–Trinajstić information content (AvgIpc) is 2.89. The number of hydrogen-bond donors (Lipinski definition) is 2. The fourth-order valence-corrected chi connectivity index (χ4v) is 2.29. The van der Waals surface area contributed by atoms with Crippen LogP contribution in [-0.4, -0.2) is 19.8 Å². The highest BCUT2D eigenvalue weighted by molar-refractivity contribution is 7.71. The Labute approximate surface area is 120 Å². The summed E-state index contributed by atoms with van der Waals surface area (Å²) >= 11 is 5.11. The van der Waals surface area contributed by atoms with E-state index in [1.165, 1.54) is 10.1 Å². The predicted molar refractivity (Wildman–Crippen MR) is 80.5 cm³/mol. The Balaban J connectivity index is 2.15. The summed E-state index contributed by atoms with van der Waals surface area (Å²) in [4.78, 5) is 11.7. The topological polar surface area (TPSA) is 66.0 Å². The molecule has 1 aromatic carbocycles. The zero-order valence-electron chi connectivity index (χ0n) is 11.2. The second-order valence-electron chi connectivity index (χ2n) is 4.99. The molecule has 2 heterocycles. The van der Waals surface area contributed by atoms with Crippen LogP contribution in [0.25, 0.3) is 16.8 Å². The smallest absolute Gasteiger partial charge is 0.272 e. The van der Waals surface area contributed by atoms with Crippen LogP contribution in [0.5, 0.6) is 0 Å². The van der Waals surface area contributed by atoms with Crippen molar-refractivity contribution in [2.45, 2.75) is 19.8 Å². The van der Waals surface area contributed by atoms with Crippen molar-refractivity contribution >= 4 is 17.7 Å². The van der Waals surface area contributed by atoms with Crippen molar-refractivity contribution in [3.63, 3.8) is 0 Å². The molecule has 5 nitrogen and oxygen atoms in total. The van der Waals surface area contributed by atoms with Gasteiger partial charge in [-0.15, -0.1) is 0 Å². The minimum atomic E-state index is -0.240. The van der Waals surface area contributed by atoms with Gasteiger partial charge >= 0.3 is 0 Å². The lowest BCUT2D eigenvalue weighted by Gasteiger charge is -2.05. The summed E-state index contributed by atoms with van der Waals surface area (Å²) in [6.45, 7) is 4.30. The summed E-state index contributed by atoms with van der Waals surface area (Å²) in [5.41, 5.74) is 3.17. The molecule has 3 aromatic rings. The van der Waals surface area contributed by atoms with Gasteiger partial charge in [-0.1, -0.05) is 38.1 Å². The molecule has 2 N–H and O–H groups in total. The van der Waals surface area contributed by atoms with E-state index in [1.807, 2.05) is 12.1 Å². The molecule has 0 saturated heterocycles. The van der Waals surface area contributed by atoms with E-state index in [4.69, 9.17) is 12.2 Å². The van der Waals surface area contributed by atoms with Crippen molar-refractivity contribution in [3.8, 4) is 11.3 Å². The third-order valence-electron chi connectivity index (χ3n) is 3.29. The van der Waals surface area contributed by atoms with Crippen LogP contribution in [0.1, 0.15) is 25.3 Å². The number of aromatic amines is 2. The van der Waals surface area contributed by atoms with Crippen LogP contribution in [0.15, 0.2) is 35.1 Å². The molecule has 20 heavy (non-hydrogen) atoms. The van der Waals surface area contributed by atoms with E-state index in [9.17, 15) is 4.79 Å². The number of fused-ring (bicyclic) bond motifs is 1. The average molecular weight is 286 g/mol. The summed E-state index contributed by atoms with van der Waals surface area (Å²) in [5, 5.41) is 9.47. The lowest BCUT2D eigenvalue weighted by molar-refractivity contribution is 0.828. The number of hydrogen-bond acceptors (Lipinski definition) is 3. The van der Waals surface area contributed by atoms with E-state index in [0.717, 1.165) is 11.3 Å². The van der Waals surface area contributed by atoms with Crippen LogP contribution >= 0.6 is 12.2 Å². The van der Waals surface area contributed by atoms with Gasteiger partial charge in [0.25, 0.3) is 5.56 Å². The van der Waals surface area contributed by atoms with Gasteiger partial charge in [0.05, 0.1) is 5.69 Å². The van der Waals surface area contributed by atoms with Crippen LogP contribution in [-0.2, 0) is 0 Å². The maximum Gasteiger partial charge on any atom is 0.288 e. The lowest BCUT2D eigenvalue weighted by Crippen LogP contribution is -2.12. The Morgan fingerprint density at radius 2 is 1.90 bits per heavy atom. The van der Waals surface area contributed by atoms with E-state index in [2.05, 4.69) is 41.3 Å². The molecule has 0 amide bonds. The number of nitrogens with zero attached hydrogens (tertiary/aromatic N) is 2. The quantitative estimate of drug-likeness (QED) is 0.712. The molecule has 0 fully saturated rings. The number of aromatic nitrogens is 4. The highest BCUT2D eigenvalue weighted by Gasteiger charge is 2.08. The molecule has 0 unspecified atom stereocenters. The van der Waals surface area contributed by atoms with Crippen molar-refractivity contribution in [2.24, 2.45) is 0 Å². The van der Waals surface area contributed by atoms with E-state index in [0.29, 0.717) is 16.2 Å². The summed E-state index contributed by atoms with van der Waals surface area (Å²) in [6, 6.07) is 9.92. The minimum absolute atomic E-state index is 0.240. The van der Waals surface area contributed by atoms with Crippen LogP contribution in [0.3, 0.4) is 0 Å². The lowest BCUT2D eigenvalue weighted by atomic mass is 10.0. The van der Waals surface area contributed by atoms with Crippen molar-refractivity contribution in [2.75, 3.05) is 0 Å². The molecule has 3 rings (SSSR count). The molecule has 0 atom stereocenters. The van der Waals surface area contributed by atoms with E-state index < -0.39 is 0 Å². The summed E-state index contributed by atoms with van der Waals surface area (Å²) in [7, 11) is 0. The van der Waals surface area contributed by atoms with Gasteiger partial charge in [0, 0.05) is 5.56 Å². The summed E-state index contributed by atoms with van der Waals surface area (Å²) in [6.07, 6.45) is 0. The first-order valence-electron chi connectivity index (χ1n) is 6.37. The monoisotopic (exact) mass is 286 g/mol. The molecule has 0 aliphatic carbocycles. The SMILES string of the molecule is CC(C)c1ccc(-c2cc3c(=O)[nH][nH]c(=S)n3n2)cc1. The number of nitrogens with one attached hydrogen (secondary N) is 2. The third-order valence-corrected chi connectivity index (χ3v) is 3.57. The molecule has 2 aromatic heterocycles. The van der Waals surface area contributed by atoms with E-state index in [-0.39, 0.29) is 5.56 Å². The molecule has 0 bridgehead atoms. The van der Waals surface area contributed by atoms with Crippen molar-refractivity contribution in [1.29, 1.82) is 0 Å². The van der Waals surface area contributed by atoms with Crippen LogP contribution in [0.4, 0.5) is 0 Å². The maximum absolute atomic E-state index is 11.7. The van der Waals surface area contributed by atoms with Gasteiger partial charge in [-0.05, 0) is 29.8 Å². The zero-order valence-corrected chi connectivity index (χ0v) is 12.0. The van der Waals surface area contributed by atoms with Gasteiger partial charge in [-0.25, -0.2) is 0 Å². The Morgan fingerprint density at radius 3 is 2.50 bits per heavy atom. The molecule has 0 saturated carbocycles. The maximum atomic E-state index is 11.7. The first-order chi connectivity index (χ1) is 9.56. The molecule has 0 aliphatic rings. The number of rotatable bonds is 2. The normalized spacial score (nSPS) is 11.3. The van der Waals surface area contributed by atoms with Gasteiger partial charge in [0.2, 0.25) is 4.77 Å². The number of benzene rings is 1. The van der Waals surface area contributed by atoms with Gasteiger partial charge in [-0.3, -0.25) is 15.0 Å². The standard InChI is InChI=1S/C14H14N4OS/c1-8(2)9-3-5-10(6-4-9)11-7-12-13(19)15-16-14(20)18(12)17-11/h3-8H,1-2H3,(H,15,19)(H,16,20). The Bertz CT molecular complexity index is 824. The fraction of sp³-hybridized carbons (Fsp3) is 0.214. The van der Waals surface area contributed by atoms with E-state index >= 15 is 0 Å². The highest BCUT2D eigenvalue weighted by Crippen LogP contribution is 2.22. The fourth-order valence-electron chi connectivity index (χ4n) is 2.10. The van der Waals surface area contributed by atoms with Crippen molar-refractivity contribution < 1.29 is 0 Å². The molecular formula is C14H14N4OS. The number of H-pyrrole nitrogens is 2. The third kappa shape index (κ3) is 2.08. The Kier molecular flexibility index (Phi) is 3.02. The molecular weight excluding hydrogens is 272 g/mol. The first kappa shape index (κ1) is 12.8.